The Morgan fingerprint density at radius 2 is 1.87 bits per heavy atom. The van der Waals surface area contributed by atoms with Crippen molar-refractivity contribution >= 4 is 17.5 Å². The average Bonchev–Trinajstić information content (AvgIpc) is 3.06. The van der Waals surface area contributed by atoms with E-state index in [0.29, 0.717) is 12.2 Å². The summed E-state index contributed by atoms with van der Waals surface area (Å²) in [5.41, 5.74) is 2.39. The van der Waals surface area contributed by atoms with Gasteiger partial charge in [0, 0.05) is 36.9 Å². The molecule has 0 saturated carbocycles. The first-order chi connectivity index (χ1) is 14.5. The highest BCUT2D eigenvalue weighted by atomic mass is 16.2. The van der Waals surface area contributed by atoms with E-state index in [1.165, 1.54) is 0 Å². The molecular weight excluding hydrogens is 376 g/mol. The molecule has 2 amide bonds. The fraction of sp³-hybridized carbons (Fsp3) is 0.417. The van der Waals surface area contributed by atoms with E-state index in [1.54, 1.807) is 0 Å². The predicted octanol–water partition coefficient (Wildman–Crippen LogP) is 2.54. The number of carbonyl (C=O) groups is 2. The number of nitrogens with zero attached hydrogens (tertiary/aromatic N) is 2. The summed E-state index contributed by atoms with van der Waals surface area (Å²) in [5.74, 6) is 0.0944. The van der Waals surface area contributed by atoms with Gasteiger partial charge in [0.25, 0.3) is 5.91 Å². The molecule has 158 valence electrons. The van der Waals surface area contributed by atoms with E-state index in [9.17, 15) is 9.59 Å². The number of aryl methyl sites for hydroxylation is 1. The van der Waals surface area contributed by atoms with Crippen molar-refractivity contribution in [1.29, 1.82) is 0 Å². The Hall–Kier alpha value is -2.86. The third-order valence-corrected chi connectivity index (χ3v) is 6.28. The Balaban J connectivity index is 1.35. The van der Waals surface area contributed by atoms with Crippen molar-refractivity contribution in [3.63, 3.8) is 0 Å². The fourth-order valence-corrected chi connectivity index (χ4v) is 4.66. The predicted molar refractivity (Wildman–Crippen MR) is 118 cm³/mol. The van der Waals surface area contributed by atoms with Crippen molar-refractivity contribution in [2.45, 2.75) is 38.3 Å². The summed E-state index contributed by atoms with van der Waals surface area (Å²) in [5, 5.41) is 6.15. The molecular formula is C24H30N4O2. The van der Waals surface area contributed by atoms with Crippen LogP contribution in [0.25, 0.3) is 0 Å². The molecule has 0 aromatic heterocycles. The molecule has 2 saturated heterocycles. The van der Waals surface area contributed by atoms with Gasteiger partial charge in [0.15, 0.2) is 0 Å². The van der Waals surface area contributed by atoms with Gasteiger partial charge in [-0.05, 0) is 51.0 Å². The van der Waals surface area contributed by atoms with Crippen LogP contribution in [-0.2, 0) is 4.79 Å². The number of rotatable bonds is 5. The molecule has 1 atom stereocenters. The molecule has 30 heavy (non-hydrogen) atoms. The average molecular weight is 407 g/mol. The minimum absolute atomic E-state index is 0.0368. The first kappa shape index (κ1) is 20.4. The van der Waals surface area contributed by atoms with Crippen molar-refractivity contribution in [2.24, 2.45) is 0 Å². The van der Waals surface area contributed by atoms with Gasteiger partial charge in [-0.1, -0.05) is 35.9 Å². The number of anilines is 1. The number of amides is 2. The first-order valence-corrected chi connectivity index (χ1v) is 10.7. The van der Waals surface area contributed by atoms with Gasteiger partial charge in [-0.3, -0.25) is 9.59 Å². The van der Waals surface area contributed by atoms with Crippen LogP contribution in [0.5, 0.6) is 0 Å². The fourth-order valence-electron chi connectivity index (χ4n) is 4.66. The lowest BCUT2D eigenvalue weighted by Gasteiger charge is -2.43. The Morgan fingerprint density at radius 1 is 1.13 bits per heavy atom. The molecule has 1 unspecified atom stereocenters. The molecule has 6 heteroatoms. The lowest BCUT2D eigenvalue weighted by Crippen LogP contribution is -2.57. The van der Waals surface area contributed by atoms with E-state index in [1.807, 2.05) is 56.3 Å². The number of likely N-dealkylation sites (tertiary alicyclic amines) is 1. The Morgan fingerprint density at radius 3 is 2.57 bits per heavy atom. The number of hydrogen-bond acceptors (Lipinski definition) is 4. The summed E-state index contributed by atoms with van der Waals surface area (Å²) in [6, 6.07) is 17.8. The zero-order valence-corrected chi connectivity index (χ0v) is 17.7. The normalized spacial score (nSPS) is 19.5. The van der Waals surface area contributed by atoms with Crippen LogP contribution >= 0.6 is 0 Å². The van der Waals surface area contributed by atoms with E-state index in [-0.39, 0.29) is 17.9 Å². The Bertz CT molecular complexity index is 906. The summed E-state index contributed by atoms with van der Waals surface area (Å²) >= 11 is 0. The summed E-state index contributed by atoms with van der Waals surface area (Å²) in [6.07, 6.45) is 1.57. The van der Waals surface area contributed by atoms with E-state index in [0.717, 1.165) is 43.7 Å². The Kier molecular flexibility index (Phi) is 5.77. The van der Waals surface area contributed by atoms with Gasteiger partial charge in [0.2, 0.25) is 5.91 Å². The van der Waals surface area contributed by atoms with Crippen LogP contribution in [0.1, 0.15) is 35.7 Å². The van der Waals surface area contributed by atoms with Crippen LogP contribution in [0.15, 0.2) is 54.6 Å². The number of benzene rings is 2. The molecule has 6 nitrogen and oxygen atoms in total. The maximum Gasteiger partial charge on any atom is 0.251 e. The second-order valence-corrected chi connectivity index (χ2v) is 8.50. The molecule has 0 bridgehead atoms. The van der Waals surface area contributed by atoms with Crippen molar-refractivity contribution in [2.75, 3.05) is 31.2 Å². The van der Waals surface area contributed by atoms with Crippen LogP contribution in [-0.4, -0.2) is 54.6 Å². The largest absolute Gasteiger partial charge is 0.348 e. The van der Waals surface area contributed by atoms with Gasteiger partial charge in [0.05, 0.1) is 6.67 Å². The number of nitrogens with one attached hydrogen (secondary N) is 2. The number of piperidine rings is 1. The van der Waals surface area contributed by atoms with Gasteiger partial charge >= 0.3 is 0 Å². The molecule has 2 N–H and O–H groups in total. The minimum Gasteiger partial charge on any atom is -0.348 e. The maximum atomic E-state index is 12.8. The standard InChI is InChI=1S/C24H30N4O2/c1-18-7-6-8-20(15-18)22(29)26-19(2)16-27-13-11-24(12-14-27)23(30)25-17-28(24)21-9-4-3-5-10-21/h3-10,15,19H,11-14,16-17H2,1-2H3,(H,25,30)(H,26,29). The molecule has 0 radical (unpaired) electrons. The van der Waals surface area contributed by atoms with E-state index in [2.05, 4.69) is 32.6 Å². The summed E-state index contributed by atoms with van der Waals surface area (Å²) in [7, 11) is 0. The molecule has 2 aromatic carbocycles. The summed E-state index contributed by atoms with van der Waals surface area (Å²) in [6.45, 7) is 7.04. The van der Waals surface area contributed by atoms with Gasteiger partial charge in [0.1, 0.15) is 5.54 Å². The molecule has 1 spiro atoms. The van der Waals surface area contributed by atoms with Crippen molar-refractivity contribution in [3.8, 4) is 0 Å². The quantitative estimate of drug-likeness (QED) is 0.801. The third-order valence-electron chi connectivity index (χ3n) is 6.28. The van der Waals surface area contributed by atoms with Gasteiger partial charge < -0.3 is 20.4 Å². The van der Waals surface area contributed by atoms with Crippen LogP contribution < -0.4 is 15.5 Å². The van der Waals surface area contributed by atoms with Crippen molar-refractivity contribution in [1.82, 2.24) is 15.5 Å². The molecule has 0 aliphatic carbocycles. The van der Waals surface area contributed by atoms with Gasteiger partial charge in [-0.25, -0.2) is 0 Å². The number of hydrogen-bond donors (Lipinski definition) is 2. The summed E-state index contributed by atoms with van der Waals surface area (Å²) < 4.78 is 0. The Labute approximate surface area is 178 Å². The molecule has 2 fully saturated rings. The number of para-hydroxylation sites is 1. The molecule has 2 heterocycles. The molecule has 4 rings (SSSR count). The van der Waals surface area contributed by atoms with Crippen LogP contribution in [0, 0.1) is 6.92 Å². The van der Waals surface area contributed by atoms with Crippen LogP contribution in [0.4, 0.5) is 5.69 Å². The van der Waals surface area contributed by atoms with Crippen molar-refractivity contribution in [3.05, 3.63) is 65.7 Å². The van der Waals surface area contributed by atoms with Crippen molar-refractivity contribution < 1.29 is 9.59 Å². The SMILES string of the molecule is Cc1cccc(C(=O)NC(C)CN2CCC3(CC2)C(=O)NCN3c2ccccc2)c1. The monoisotopic (exact) mass is 406 g/mol. The van der Waals surface area contributed by atoms with Gasteiger partial charge in [-0.15, -0.1) is 0 Å². The topological polar surface area (TPSA) is 64.7 Å². The third kappa shape index (κ3) is 4.05. The highest BCUT2D eigenvalue weighted by Crippen LogP contribution is 2.36. The van der Waals surface area contributed by atoms with Crippen LogP contribution in [0.2, 0.25) is 0 Å². The zero-order chi connectivity index (χ0) is 21.1. The maximum absolute atomic E-state index is 12.8. The molecule has 2 aromatic rings. The highest BCUT2D eigenvalue weighted by molar-refractivity contribution is 5.94. The van der Waals surface area contributed by atoms with E-state index >= 15 is 0 Å². The zero-order valence-electron chi connectivity index (χ0n) is 17.7. The highest BCUT2D eigenvalue weighted by Gasteiger charge is 2.50. The number of carbonyl (C=O) groups excluding carboxylic acids is 2. The molecule has 2 aliphatic rings. The van der Waals surface area contributed by atoms with Crippen LogP contribution in [0.3, 0.4) is 0 Å². The van der Waals surface area contributed by atoms with Gasteiger partial charge in [-0.2, -0.15) is 0 Å². The lowest BCUT2D eigenvalue weighted by molar-refractivity contribution is -0.125. The molecule has 2 aliphatic heterocycles. The first-order valence-electron chi connectivity index (χ1n) is 10.7. The minimum atomic E-state index is -0.466. The smallest absolute Gasteiger partial charge is 0.251 e. The van der Waals surface area contributed by atoms with E-state index < -0.39 is 5.54 Å². The second kappa shape index (κ2) is 8.48. The van der Waals surface area contributed by atoms with E-state index in [4.69, 9.17) is 0 Å². The lowest BCUT2D eigenvalue weighted by atomic mass is 9.85. The second-order valence-electron chi connectivity index (χ2n) is 8.50. The summed E-state index contributed by atoms with van der Waals surface area (Å²) in [4.78, 5) is 29.8.